The summed E-state index contributed by atoms with van der Waals surface area (Å²) >= 11 is 1.12. The molecule has 5 nitrogen and oxygen atoms in total. The lowest BCUT2D eigenvalue weighted by Gasteiger charge is -2.07. The molecular formula is C14H15NO4S. The number of benzene rings is 1. The van der Waals surface area contributed by atoms with Crippen molar-refractivity contribution in [2.24, 2.45) is 0 Å². The summed E-state index contributed by atoms with van der Waals surface area (Å²) in [6.45, 7) is 0.413. The van der Waals surface area contributed by atoms with Gasteiger partial charge in [0.2, 0.25) is 0 Å². The van der Waals surface area contributed by atoms with Gasteiger partial charge in [0.05, 0.1) is 12.8 Å². The van der Waals surface area contributed by atoms with Crippen LogP contribution in [0.5, 0.6) is 5.75 Å². The highest BCUT2D eigenvalue weighted by atomic mass is 32.1. The van der Waals surface area contributed by atoms with Gasteiger partial charge in [0.15, 0.2) is 0 Å². The van der Waals surface area contributed by atoms with Crippen molar-refractivity contribution in [1.82, 2.24) is 4.57 Å². The minimum absolute atomic E-state index is 0.0599. The molecule has 0 fully saturated rings. The normalized spacial score (nSPS) is 10.4. The molecule has 2 aromatic rings. The van der Waals surface area contributed by atoms with Crippen molar-refractivity contribution in [3.8, 4) is 17.0 Å². The van der Waals surface area contributed by atoms with E-state index in [-0.39, 0.29) is 11.3 Å². The predicted molar refractivity (Wildman–Crippen MR) is 77.4 cm³/mol. The van der Waals surface area contributed by atoms with Crippen LogP contribution in [0.4, 0.5) is 0 Å². The zero-order chi connectivity index (χ0) is 14.5. The van der Waals surface area contributed by atoms with Crippen molar-refractivity contribution in [2.45, 2.75) is 19.4 Å². The molecule has 6 heteroatoms. The number of carboxylic acids is 1. The third-order valence-electron chi connectivity index (χ3n) is 2.94. The fourth-order valence-electron chi connectivity index (χ4n) is 1.92. The summed E-state index contributed by atoms with van der Waals surface area (Å²) in [5.41, 5.74) is 1.73. The first-order chi connectivity index (χ1) is 9.61. The molecule has 0 saturated heterocycles. The van der Waals surface area contributed by atoms with E-state index in [1.54, 1.807) is 17.1 Å². The van der Waals surface area contributed by atoms with Crippen molar-refractivity contribution >= 4 is 17.3 Å². The number of carboxylic acid groups (broad SMARTS) is 1. The fraction of sp³-hybridized carbons (Fsp3) is 0.286. The Bertz CT molecular complexity index is 642. The molecular weight excluding hydrogens is 278 g/mol. The first-order valence-corrected chi connectivity index (χ1v) is 7.04. The zero-order valence-corrected chi connectivity index (χ0v) is 11.9. The van der Waals surface area contributed by atoms with E-state index in [2.05, 4.69) is 0 Å². The summed E-state index contributed by atoms with van der Waals surface area (Å²) in [6, 6.07) is 7.43. The molecule has 0 bridgehead atoms. The van der Waals surface area contributed by atoms with Crippen LogP contribution in [-0.2, 0) is 11.3 Å². The number of ether oxygens (including phenoxy) is 1. The van der Waals surface area contributed by atoms with Crippen LogP contribution in [0.2, 0.25) is 0 Å². The van der Waals surface area contributed by atoms with Crippen LogP contribution >= 0.6 is 11.3 Å². The summed E-state index contributed by atoms with van der Waals surface area (Å²) in [4.78, 5) is 22.3. The van der Waals surface area contributed by atoms with Crippen LogP contribution in [0.1, 0.15) is 12.8 Å². The van der Waals surface area contributed by atoms with Crippen molar-refractivity contribution < 1.29 is 14.6 Å². The van der Waals surface area contributed by atoms with E-state index in [0.29, 0.717) is 13.0 Å². The number of aliphatic carboxylic acids is 1. The largest absolute Gasteiger partial charge is 0.497 e. The van der Waals surface area contributed by atoms with E-state index >= 15 is 0 Å². The van der Waals surface area contributed by atoms with Crippen LogP contribution in [0, 0.1) is 0 Å². The predicted octanol–water partition coefficient (Wildman–Crippen LogP) is 2.45. The topological polar surface area (TPSA) is 68.5 Å². The summed E-state index contributed by atoms with van der Waals surface area (Å²) in [5.74, 6) is -0.0944. The molecule has 1 N–H and O–H groups in total. The monoisotopic (exact) mass is 293 g/mol. The van der Waals surface area contributed by atoms with Gasteiger partial charge in [-0.2, -0.15) is 0 Å². The Balaban J connectivity index is 2.23. The van der Waals surface area contributed by atoms with Crippen LogP contribution < -0.4 is 9.61 Å². The van der Waals surface area contributed by atoms with Gasteiger partial charge in [-0.3, -0.25) is 14.2 Å². The van der Waals surface area contributed by atoms with Crippen LogP contribution in [0.25, 0.3) is 11.3 Å². The molecule has 2 rings (SSSR count). The molecule has 20 heavy (non-hydrogen) atoms. The van der Waals surface area contributed by atoms with Crippen molar-refractivity contribution in [3.63, 3.8) is 0 Å². The number of nitrogens with zero attached hydrogens (tertiary/aromatic N) is 1. The molecule has 0 unspecified atom stereocenters. The van der Waals surface area contributed by atoms with E-state index < -0.39 is 5.97 Å². The second-order valence-electron chi connectivity index (χ2n) is 4.26. The molecule has 0 spiro atoms. The molecule has 0 radical (unpaired) electrons. The molecule has 1 aromatic heterocycles. The van der Waals surface area contributed by atoms with Crippen LogP contribution in [-0.4, -0.2) is 22.8 Å². The zero-order valence-electron chi connectivity index (χ0n) is 11.0. The lowest BCUT2D eigenvalue weighted by molar-refractivity contribution is -0.137. The standard InChI is InChI=1S/C14H15NO4S/c1-19-11-6-4-10(5-7-11)12-9-20-14(18)15(12)8-2-3-13(16)17/h4-7,9H,2-3,8H2,1H3,(H,16,17). The van der Waals surface area contributed by atoms with Gasteiger partial charge >= 0.3 is 10.8 Å². The first kappa shape index (κ1) is 14.3. The number of hydrogen-bond donors (Lipinski definition) is 1. The Hall–Kier alpha value is -2.08. The second-order valence-corrected chi connectivity index (χ2v) is 5.08. The van der Waals surface area contributed by atoms with Gasteiger partial charge in [-0.15, -0.1) is 0 Å². The maximum Gasteiger partial charge on any atom is 0.307 e. The molecule has 0 aliphatic rings. The number of rotatable bonds is 6. The number of carbonyl (C=O) groups is 1. The van der Waals surface area contributed by atoms with Gasteiger partial charge in [0.1, 0.15) is 5.75 Å². The van der Waals surface area contributed by atoms with Gasteiger partial charge in [0.25, 0.3) is 0 Å². The third kappa shape index (κ3) is 3.27. The molecule has 0 aliphatic carbocycles. The van der Waals surface area contributed by atoms with Gasteiger partial charge < -0.3 is 9.84 Å². The van der Waals surface area contributed by atoms with Crippen LogP contribution in [0.3, 0.4) is 0 Å². The van der Waals surface area contributed by atoms with Gasteiger partial charge in [-0.1, -0.05) is 11.3 Å². The SMILES string of the molecule is COc1ccc(-c2csc(=O)n2CCCC(=O)O)cc1. The lowest BCUT2D eigenvalue weighted by Crippen LogP contribution is -2.15. The highest BCUT2D eigenvalue weighted by molar-refractivity contribution is 7.07. The van der Waals surface area contributed by atoms with Crippen molar-refractivity contribution in [3.05, 3.63) is 39.3 Å². The Kier molecular flexibility index (Phi) is 4.57. The van der Waals surface area contributed by atoms with Crippen molar-refractivity contribution in [2.75, 3.05) is 7.11 Å². The highest BCUT2D eigenvalue weighted by Crippen LogP contribution is 2.23. The Labute approximate surface area is 120 Å². The minimum atomic E-state index is -0.848. The Morgan fingerprint density at radius 2 is 2.05 bits per heavy atom. The highest BCUT2D eigenvalue weighted by Gasteiger charge is 2.09. The quantitative estimate of drug-likeness (QED) is 0.888. The van der Waals surface area contributed by atoms with E-state index in [1.165, 1.54) is 0 Å². The van der Waals surface area contributed by atoms with E-state index in [0.717, 1.165) is 28.3 Å². The van der Waals surface area contributed by atoms with Gasteiger partial charge in [0, 0.05) is 18.3 Å². The third-order valence-corrected chi connectivity index (χ3v) is 3.70. The van der Waals surface area contributed by atoms with E-state index in [1.807, 2.05) is 24.3 Å². The maximum absolute atomic E-state index is 11.8. The summed E-state index contributed by atoms with van der Waals surface area (Å²) in [6.07, 6.45) is 0.499. The minimum Gasteiger partial charge on any atom is -0.497 e. The number of hydrogen-bond acceptors (Lipinski definition) is 4. The summed E-state index contributed by atoms with van der Waals surface area (Å²) in [7, 11) is 1.60. The van der Waals surface area contributed by atoms with E-state index in [4.69, 9.17) is 9.84 Å². The van der Waals surface area contributed by atoms with Gasteiger partial charge in [-0.25, -0.2) is 0 Å². The van der Waals surface area contributed by atoms with Crippen LogP contribution in [0.15, 0.2) is 34.4 Å². The molecule has 0 saturated carbocycles. The molecule has 1 heterocycles. The molecule has 0 amide bonds. The number of methoxy groups -OCH3 is 1. The van der Waals surface area contributed by atoms with Gasteiger partial charge in [-0.05, 0) is 36.2 Å². The molecule has 0 atom stereocenters. The summed E-state index contributed by atoms with van der Waals surface area (Å²) in [5, 5.41) is 10.5. The maximum atomic E-state index is 11.8. The van der Waals surface area contributed by atoms with E-state index in [9.17, 15) is 9.59 Å². The second kappa shape index (κ2) is 6.38. The first-order valence-electron chi connectivity index (χ1n) is 6.16. The smallest absolute Gasteiger partial charge is 0.307 e. The Morgan fingerprint density at radius 1 is 1.35 bits per heavy atom. The number of aromatic nitrogens is 1. The van der Waals surface area contributed by atoms with Crippen molar-refractivity contribution in [1.29, 1.82) is 0 Å². The number of thiazole rings is 1. The Morgan fingerprint density at radius 3 is 2.65 bits per heavy atom. The molecule has 1 aromatic carbocycles. The fourth-order valence-corrected chi connectivity index (χ4v) is 2.71. The summed E-state index contributed by atoms with van der Waals surface area (Å²) < 4.78 is 6.72. The lowest BCUT2D eigenvalue weighted by atomic mass is 10.1. The molecule has 0 aliphatic heterocycles. The average Bonchev–Trinajstić information content (AvgIpc) is 2.80. The average molecular weight is 293 g/mol. The molecule has 106 valence electrons.